The standard InChI is InChI=1S/C25H21ClN6O3S/c1-16-6-8-18(9-7-16)24-29-30-25(31(24)21-12-10-20(26)11-13-21)36-15-23(33)28-27-17(2)19-4-3-5-22(14-19)32(34)35/h3-14H,15H2,1-2H3,(H,28,33). The maximum atomic E-state index is 12.5. The summed E-state index contributed by atoms with van der Waals surface area (Å²) >= 11 is 7.29. The van der Waals surface area contributed by atoms with E-state index in [0.29, 0.717) is 27.3 Å². The number of benzene rings is 3. The molecule has 1 N–H and O–H groups in total. The van der Waals surface area contributed by atoms with Crippen LogP contribution in [0.25, 0.3) is 17.1 Å². The van der Waals surface area contributed by atoms with Gasteiger partial charge in [0.05, 0.1) is 16.4 Å². The zero-order chi connectivity index (χ0) is 25.7. The number of aromatic nitrogens is 3. The lowest BCUT2D eigenvalue weighted by Gasteiger charge is -2.10. The summed E-state index contributed by atoms with van der Waals surface area (Å²) in [5, 5.41) is 24.9. The Labute approximate surface area is 216 Å². The van der Waals surface area contributed by atoms with Gasteiger partial charge < -0.3 is 0 Å². The van der Waals surface area contributed by atoms with Crippen LogP contribution < -0.4 is 5.43 Å². The Bertz CT molecular complexity index is 1440. The van der Waals surface area contributed by atoms with Gasteiger partial charge in [-0.25, -0.2) is 5.43 Å². The average Bonchev–Trinajstić information content (AvgIpc) is 3.31. The number of aryl methyl sites for hydroxylation is 1. The number of hydrazone groups is 1. The van der Waals surface area contributed by atoms with Crippen LogP contribution >= 0.6 is 23.4 Å². The fourth-order valence-corrected chi connectivity index (χ4v) is 4.16. The minimum absolute atomic E-state index is 0.0331. The number of nitro groups is 1. The van der Waals surface area contributed by atoms with E-state index in [-0.39, 0.29) is 17.3 Å². The monoisotopic (exact) mass is 520 g/mol. The Kier molecular flexibility index (Phi) is 7.77. The molecule has 0 atom stereocenters. The van der Waals surface area contributed by atoms with Crippen molar-refractivity contribution in [2.45, 2.75) is 19.0 Å². The first-order chi connectivity index (χ1) is 17.3. The second-order valence-corrected chi connectivity index (χ2v) is 9.19. The highest BCUT2D eigenvalue weighted by atomic mass is 35.5. The molecular formula is C25H21ClN6O3S. The lowest BCUT2D eigenvalue weighted by molar-refractivity contribution is -0.384. The number of non-ortho nitro benzene ring substituents is 1. The third-order valence-electron chi connectivity index (χ3n) is 5.18. The zero-order valence-corrected chi connectivity index (χ0v) is 21.0. The number of hydrogen-bond donors (Lipinski definition) is 1. The van der Waals surface area contributed by atoms with Crippen LogP contribution in [0.15, 0.2) is 83.1 Å². The van der Waals surface area contributed by atoms with Gasteiger partial charge in [0.1, 0.15) is 0 Å². The summed E-state index contributed by atoms with van der Waals surface area (Å²) in [4.78, 5) is 23.0. The second-order valence-electron chi connectivity index (χ2n) is 7.81. The van der Waals surface area contributed by atoms with E-state index in [2.05, 4.69) is 20.7 Å². The molecule has 0 aliphatic heterocycles. The summed E-state index contributed by atoms with van der Waals surface area (Å²) < 4.78 is 1.87. The molecule has 9 nitrogen and oxygen atoms in total. The van der Waals surface area contributed by atoms with Gasteiger partial charge in [-0.05, 0) is 38.1 Å². The van der Waals surface area contributed by atoms with Gasteiger partial charge in [-0.15, -0.1) is 10.2 Å². The van der Waals surface area contributed by atoms with Crippen molar-refractivity contribution in [3.8, 4) is 17.1 Å². The molecule has 1 amide bonds. The Morgan fingerprint density at radius 3 is 2.53 bits per heavy atom. The van der Waals surface area contributed by atoms with Crippen LogP contribution in [-0.2, 0) is 4.79 Å². The van der Waals surface area contributed by atoms with Crippen molar-refractivity contribution in [2.24, 2.45) is 5.10 Å². The summed E-state index contributed by atoms with van der Waals surface area (Å²) in [5.41, 5.74) is 6.26. The van der Waals surface area contributed by atoms with Crippen molar-refractivity contribution >= 4 is 40.7 Å². The molecule has 0 saturated carbocycles. The first kappa shape index (κ1) is 25.1. The molecular weight excluding hydrogens is 500 g/mol. The molecule has 4 aromatic rings. The topological polar surface area (TPSA) is 115 Å². The zero-order valence-electron chi connectivity index (χ0n) is 19.4. The van der Waals surface area contributed by atoms with Gasteiger partial charge >= 0.3 is 0 Å². The molecule has 1 aromatic heterocycles. The van der Waals surface area contributed by atoms with E-state index in [1.54, 1.807) is 31.2 Å². The Hall–Kier alpha value is -4.02. The van der Waals surface area contributed by atoms with E-state index >= 15 is 0 Å². The number of halogens is 1. The molecule has 0 saturated heterocycles. The summed E-state index contributed by atoms with van der Waals surface area (Å²) in [6, 6.07) is 21.3. The molecule has 1 heterocycles. The number of carbonyl (C=O) groups is 1. The van der Waals surface area contributed by atoms with Gasteiger partial charge in [0.25, 0.3) is 11.6 Å². The van der Waals surface area contributed by atoms with Gasteiger partial charge in [-0.1, -0.05) is 65.3 Å². The van der Waals surface area contributed by atoms with Crippen molar-refractivity contribution in [2.75, 3.05) is 5.75 Å². The quantitative estimate of drug-likeness (QED) is 0.143. The van der Waals surface area contributed by atoms with Gasteiger partial charge in [0.15, 0.2) is 11.0 Å². The molecule has 0 aliphatic carbocycles. The Morgan fingerprint density at radius 1 is 1.11 bits per heavy atom. The van der Waals surface area contributed by atoms with Crippen molar-refractivity contribution in [3.63, 3.8) is 0 Å². The number of nitrogens with one attached hydrogen (secondary N) is 1. The van der Waals surface area contributed by atoms with Crippen LogP contribution in [0.4, 0.5) is 5.69 Å². The molecule has 0 aliphatic rings. The van der Waals surface area contributed by atoms with E-state index in [0.717, 1.165) is 16.8 Å². The fraction of sp³-hybridized carbons (Fsp3) is 0.120. The van der Waals surface area contributed by atoms with Crippen LogP contribution in [0.3, 0.4) is 0 Å². The summed E-state index contributed by atoms with van der Waals surface area (Å²) in [7, 11) is 0. The molecule has 4 rings (SSSR count). The SMILES string of the molecule is CC(=NNC(=O)CSc1nnc(-c2ccc(C)cc2)n1-c1ccc(Cl)cc1)c1cccc([N+](=O)[O-])c1. The lowest BCUT2D eigenvalue weighted by Crippen LogP contribution is -2.21. The molecule has 0 spiro atoms. The Morgan fingerprint density at radius 2 is 1.83 bits per heavy atom. The molecule has 0 radical (unpaired) electrons. The van der Waals surface area contributed by atoms with Gasteiger partial charge in [-0.3, -0.25) is 19.5 Å². The van der Waals surface area contributed by atoms with Crippen LogP contribution in [0.5, 0.6) is 0 Å². The van der Waals surface area contributed by atoms with Gasteiger partial charge in [0.2, 0.25) is 0 Å². The maximum Gasteiger partial charge on any atom is 0.270 e. The van der Waals surface area contributed by atoms with Crippen molar-refractivity contribution in [1.82, 2.24) is 20.2 Å². The van der Waals surface area contributed by atoms with E-state index in [1.807, 2.05) is 47.9 Å². The number of rotatable bonds is 8. The average molecular weight is 521 g/mol. The second kappa shape index (κ2) is 11.1. The largest absolute Gasteiger partial charge is 0.272 e. The first-order valence-electron chi connectivity index (χ1n) is 10.8. The highest BCUT2D eigenvalue weighted by Crippen LogP contribution is 2.28. The Balaban J connectivity index is 1.52. The third kappa shape index (κ3) is 5.96. The van der Waals surface area contributed by atoms with Crippen LogP contribution in [0.1, 0.15) is 18.1 Å². The van der Waals surface area contributed by atoms with Gasteiger partial charge in [0, 0.05) is 34.0 Å². The highest BCUT2D eigenvalue weighted by Gasteiger charge is 2.17. The smallest absolute Gasteiger partial charge is 0.270 e. The van der Waals surface area contributed by atoms with E-state index < -0.39 is 4.92 Å². The van der Waals surface area contributed by atoms with Crippen LogP contribution in [-0.4, -0.2) is 37.1 Å². The summed E-state index contributed by atoms with van der Waals surface area (Å²) in [6.45, 7) is 3.67. The van der Waals surface area contributed by atoms with Crippen LogP contribution in [0.2, 0.25) is 5.02 Å². The third-order valence-corrected chi connectivity index (χ3v) is 6.36. The summed E-state index contributed by atoms with van der Waals surface area (Å²) in [6.07, 6.45) is 0. The molecule has 11 heteroatoms. The van der Waals surface area contributed by atoms with Crippen molar-refractivity contribution in [1.29, 1.82) is 0 Å². The molecule has 0 fully saturated rings. The van der Waals surface area contributed by atoms with Crippen molar-refractivity contribution < 1.29 is 9.72 Å². The molecule has 182 valence electrons. The first-order valence-corrected chi connectivity index (χ1v) is 12.2. The van der Waals surface area contributed by atoms with E-state index in [1.165, 1.54) is 23.9 Å². The fourth-order valence-electron chi connectivity index (χ4n) is 3.29. The highest BCUT2D eigenvalue weighted by molar-refractivity contribution is 7.99. The predicted octanol–water partition coefficient (Wildman–Crippen LogP) is 5.44. The number of hydrogen-bond acceptors (Lipinski definition) is 7. The number of thioether (sulfide) groups is 1. The molecule has 36 heavy (non-hydrogen) atoms. The number of amides is 1. The maximum absolute atomic E-state index is 12.5. The number of nitro benzene ring substituents is 1. The van der Waals surface area contributed by atoms with E-state index in [9.17, 15) is 14.9 Å². The summed E-state index contributed by atoms with van der Waals surface area (Å²) in [5.74, 6) is 0.317. The molecule has 0 unspecified atom stereocenters. The van der Waals surface area contributed by atoms with Crippen molar-refractivity contribution in [3.05, 3.63) is 99.1 Å². The van der Waals surface area contributed by atoms with E-state index in [4.69, 9.17) is 11.6 Å². The minimum Gasteiger partial charge on any atom is -0.272 e. The molecule has 0 bridgehead atoms. The molecule has 3 aromatic carbocycles. The normalized spacial score (nSPS) is 11.4. The van der Waals surface area contributed by atoms with Gasteiger partial charge in [-0.2, -0.15) is 5.10 Å². The number of carbonyl (C=O) groups excluding carboxylic acids is 1. The predicted molar refractivity (Wildman–Crippen MR) is 141 cm³/mol. The number of nitrogens with zero attached hydrogens (tertiary/aromatic N) is 5. The minimum atomic E-state index is -0.478. The lowest BCUT2D eigenvalue weighted by atomic mass is 10.1. The van der Waals surface area contributed by atoms with Crippen LogP contribution in [0, 0.1) is 17.0 Å².